The number of carbonyl (C=O) groups excluding carboxylic acids is 1. The zero-order valence-electron chi connectivity index (χ0n) is 14.8. The summed E-state index contributed by atoms with van der Waals surface area (Å²) < 4.78 is 16.3. The van der Waals surface area contributed by atoms with Gasteiger partial charge in [-0.15, -0.1) is 0 Å². The van der Waals surface area contributed by atoms with Gasteiger partial charge in [-0.3, -0.25) is 4.79 Å². The molecule has 1 amide bonds. The topological polar surface area (TPSA) is 86.5 Å². The van der Waals surface area contributed by atoms with Crippen molar-refractivity contribution in [1.82, 2.24) is 10.1 Å². The Morgan fingerprint density at radius 3 is 2.70 bits per heavy atom. The molecule has 1 atom stereocenters. The fourth-order valence-electron chi connectivity index (χ4n) is 3.05. The van der Waals surface area contributed by atoms with Crippen molar-refractivity contribution in [2.45, 2.75) is 18.9 Å². The number of benzene rings is 2. The van der Waals surface area contributed by atoms with Gasteiger partial charge < -0.3 is 19.3 Å². The number of ether oxygens (including phenoxy) is 2. The van der Waals surface area contributed by atoms with Gasteiger partial charge in [0.25, 0.3) is 11.8 Å². The Morgan fingerprint density at radius 1 is 1.15 bits per heavy atom. The maximum atomic E-state index is 12.4. The molecule has 1 unspecified atom stereocenters. The molecule has 2 aromatic carbocycles. The Bertz CT molecular complexity index is 948. The highest BCUT2D eigenvalue weighted by Gasteiger charge is 2.25. The van der Waals surface area contributed by atoms with Crippen molar-refractivity contribution in [2.75, 3.05) is 19.0 Å². The van der Waals surface area contributed by atoms with Gasteiger partial charge in [-0.25, -0.2) is 0 Å². The fourth-order valence-corrected chi connectivity index (χ4v) is 3.05. The van der Waals surface area contributed by atoms with Crippen molar-refractivity contribution in [3.63, 3.8) is 0 Å². The van der Waals surface area contributed by atoms with Crippen molar-refractivity contribution in [1.29, 1.82) is 0 Å². The van der Waals surface area contributed by atoms with E-state index in [0.717, 1.165) is 18.4 Å². The van der Waals surface area contributed by atoms with E-state index in [-0.39, 0.29) is 5.91 Å². The predicted molar refractivity (Wildman–Crippen MR) is 99.3 cm³/mol. The number of methoxy groups -OCH3 is 1. The molecule has 0 saturated carbocycles. The van der Waals surface area contributed by atoms with Gasteiger partial charge in [0.2, 0.25) is 5.82 Å². The van der Waals surface area contributed by atoms with Crippen LogP contribution >= 0.6 is 0 Å². The number of anilines is 1. The molecule has 7 nitrogen and oxygen atoms in total. The van der Waals surface area contributed by atoms with Gasteiger partial charge in [-0.1, -0.05) is 29.4 Å². The van der Waals surface area contributed by atoms with Crippen LogP contribution in [0.3, 0.4) is 0 Å². The van der Waals surface area contributed by atoms with Crippen LogP contribution in [-0.2, 0) is 9.53 Å². The van der Waals surface area contributed by atoms with Crippen LogP contribution < -0.4 is 10.1 Å². The second-order valence-corrected chi connectivity index (χ2v) is 6.16. The average Bonchev–Trinajstić information content (AvgIpc) is 3.40. The molecule has 27 heavy (non-hydrogen) atoms. The van der Waals surface area contributed by atoms with E-state index in [4.69, 9.17) is 14.0 Å². The first kappa shape index (κ1) is 17.2. The van der Waals surface area contributed by atoms with Crippen molar-refractivity contribution in [3.05, 3.63) is 48.5 Å². The first-order chi connectivity index (χ1) is 13.3. The Morgan fingerprint density at radius 2 is 1.93 bits per heavy atom. The molecule has 0 radical (unpaired) electrons. The van der Waals surface area contributed by atoms with E-state index >= 15 is 0 Å². The van der Waals surface area contributed by atoms with Crippen molar-refractivity contribution < 1.29 is 18.8 Å². The lowest BCUT2D eigenvalue weighted by molar-refractivity contribution is -0.124. The van der Waals surface area contributed by atoms with E-state index in [1.54, 1.807) is 13.2 Å². The summed E-state index contributed by atoms with van der Waals surface area (Å²) in [6.45, 7) is 0.617. The maximum absolute atomic E-state index is 12.4. The smallest absolute Gasteiger partial charge is 0.260 e. The zero-order chi connectivity index (χ0) is 18.6. The van der Waals surface area contributed by atoms with Crippen LogP contribution in [0.4, 0.5) is 5.69 Å². The number of amides is 1. The van der Waals surface area contributed by atoms with E-state index in [9.17, 15) is 4.79 Å². The average molecular weight is 365 g/mol. The molecular weight excluding hydrogens is 346 g/mol. The summed E-state index contributed by atoms with van der Waals surface area (Å²) >= 11 is 0. The number of nitrogens with zero attached hydrogens (tertiary/aromatic N) is 2. The van der Waals surface area contributed by atoms with Crippen LogP contribution in [0, 0.1) is 0 Å². The summed E-state index contributed by atoms with van der Waals surface area (Å²) in [6.07, 6.45) is 1.21. The molecule has 1 aliphatic heterocycles. The van der Waals surface area contributed by atoms with Crippen LogP contribution in [0.15, 0.2) is 53.1 Å². The predicted octanol–water partition coefficient (Wildman–Crippen LogP) is 3.53. The molecule has 7 heteroatoms. The van der Waals surface area contributed by atoms with Crippen LogP contribution in [0.25, 0.3) is 22.8 Å². The molecule has 0 aliphatic carbocycles. The fraction of sp³-hybridized carbons (Fsp3) is 0.250. The molecular formula is C20H19N3O4. The summed E-state index contributed by atoms with van der Waals surface area (Å²) in [4.78, 5) is 16.9. The second-order valence-electron chi connectivity index (χ2n) is 6.16. The summed E-state index contributed by atoms with van der Waals surface area (Å²) in [5.41, 5.74) is 1.99. The molecule has 0 spiro atoms. The van der Waals surface area contributed by atoms with Crippen molar-refractivity contribution in [2.24, 2.45) is 0 Å². The van der Waals surface area contributed by atoms with E-state index in [1.807, 2.05) is 42.5 Å². The lowest BCUT2D eigenvalue weighted by Gasteiger charge is -2.12. The molecule has 1 saturated heterocycles. The molecule has 0 bridgehead atoms. The van der Waals surface area contributed by atoms with E-state index in [0.29, 0.717) is 35.3 Å². The van der Waals surface area contributed by atoms with Gasteiger partial charge in [0.05, 0.1) is 23.9 Å². The minimum absolute atomic E-state index is 0.163. The molecule has 138 valence electrons. The van der Waals surface area contributed by atoms with Crippen molar-refractivity contribution >= 4 is 11.6 Å². The maximum Gasteiger partial charge on any atom is 0.260 e. The Labute approximate surface area is 156 Å². The lowest BCUT2D eigenvalue weighted by Crippen LogP contribution is -2.27. The molecule has 1 N–H and O–H groups in total. The van der Waals surface area contributed by atoms with Gasteiger partial charge in [0.15, 0.2) is 0 Å². The first-order valence-corrected chi connectivity index (χ1v) is 8.75. The third-order valence-corrected chi connectivity index (χ3v) is 4.41. The number of hydrogen-bond donors (Lipinski definition) is 1. The third-order valence-electron chi connectivity index (χ3n) is 4.41. The lowest BCUT2D eigenvalue weighted by atomic mass is 10.1. The van der Waals surface area contributed by atoms with Crippen LogP contribution in [-0.4, -0.2) is 35.9 Å². The zero-order valence-corrected chi connectivity index (χ0v) is 14.8. The van der Waals surface area contributed by atoms with Gasteiger partial charge in [-0.05, 0) is 37.1 Å². The molecule has 1 aliphatic rings. The van der Waals surface area contributed by atoms with E-state index in [2.05, 4.69) is 15.5 Å². The Kier molecular flexibility index (Phi) is 4.84. The van der Waals surface area contributed by atoms with Gasteiger partial charge in [0, 0.05) is 6.61 Å². The van der Waals surface area contributed by atoms with Crippen molar-refractivity contribution in [3.8, 4) is 28.6 Å². The number of aromatic nitrogens is 2. The Balaban J connectivity index is 1.63. The number of carbonyl (C=O) groups is 1. The monoisotopic (exact) mass is 365 g/mol. The highest BCUT2D eigenvalue weighted by atomic mass is 16.5. The van der Waals surface area contributed by atoms with Gasteiger partial charge in [-0.2, -0.15) is 4.98 Å². The summed E-state index contributed by atoms with van der Waals surface area (Å²) in [5.74, 6) is 1.23. The summed E-state index contributed by atoms with van der Waals surface area (Å²) in [6, 6.07) is 14.8. The van der Waals surface area contributed by atoms with E-state index in [1.165, 1.54) is 0 Å². The highest BCUT2D eigenvalue weighted by molar-refractivity contribution is 5.97. The van der Waals surface area contributed by atoms with Gasteiger partial charge in [0.1, 0.15) is 11.9 Å². The SMILES string of the molecule is COc1ccccc1-c1noc(-c2ccccc2NC(=O)C2CCCO2)n1. The van der Waals surface area contributed by atoms with E-state index < -0.39 is 6.10 Å². The number of nitrogens with one attached hydrogen (secondary N) is 1. The first-order valence-electron chi connectivity index (χ1n) is 8.75. The molecule has 1 aromatic heterocycles. The molecule has 3 aromatic rings. The molecule has 2 heterocycles. The summed E-state index contributed by atoms with van der Waals surface area (Å²) in [5, 5.41) is 6.97. The number of rotatable bonds is 5. The summed E-state index contributed by atoms with van der Waals surface area (Å²) in [7, 11) is 1.59. The van der Waals surface area contributed by atoms with Crippen LogP contribution in [0.2, 0.25) is 0 Å². The molecule has 1 fully saturated rings. The largest absolute Gasteiger partial charge is 0.496 e. The number of hydrogen-bond acceptors (Lipinski definition) is 6. The van der Waals surface area contributed by atoms with Gasteiger partial charge >= 0.3 is 0 Å². The normalized spacial score (nSPS) is 16.3. The minimum Gasteiger partial charge on any atom is -0.496 e. The standard InChI is InChI=1S/C20H19N3O4/c1-25-16-10-5-3-8-14(16)18-22-20(27-23-18)13-7-2-4-9-15(13)21-19(24)17-11-6-12-26-17/h2-5,7-10,17H,6,11-12H2,1H3,(H,21,24). The minimum atomic E-state index is -0.412. The number of para-hydroxylation sites is 2. The second kappa shape index (κ2) is 7.59. The Hall–Kier alpha value is -3.19. The third kappa shape index (κ3) is 3.54. The van der Waals surface area contributed by atoms with Crippen LogP contribution in [0.1, 0.15) is 12.8 Å². The van der Waals surface area contributed by atoms with Crippen LogP contribution in [0.5, 0.6) is 5.75 Å². The quantitative estimate of drug-likeness (QED) is 0.744. The highest BCUT2D eigenvalue weighted by Crippen LogP contribution is 2.32. The molecule has 4 rings (SSSR count).